The van der Waals surface area contributed by atoms with E-state index in [4.69, 9.17) is 10.5 Å². The molecule has 0 aliphatic heterocycles. The van der Waals surface area contributed by atoms with Crippen LogP contribution in [-0.2, 0) is 10.0 Å². The number of rotatable bonds is 6. The minimum atomic E-state index is -3.67. The maximum absolute atomic E-state index is 12.7. The summed E-state index contributed by atoms with van der Waals surface area (Å²) in [7, 11) is -3.67. The lowest BCUT2D eigenvalue weighted by molar-refractivity contribution is 0.330. The van der Waals surface area contributed by atoms with Gasteiger partial charge in [0.1, 0.15) is 10.6 Å². The summed E-state index contributed by atoms with van der Waals surface area (Å²) in [6.07, 6.45) is 3.55. The molecular formula is C14H21BrN2O3S. The molecular weight excluding hydrogens is 356 g/mol. The van der Waals surface area contributed by atoms with Gasteiger partial charge in [0.15, 0.2) is 0 Å². The molecule has 0 spiro atoms. The molecule has 0 radical (unpaired) electrons. The van der Waals surface area contributed by atoms with Crippen molar-refractivity contribution in [2.75, 3.05) is 13.2 Å². The van der Waals surface area contributed by atoms with E-state index < -0.39 is 15.6 Å². The van der Waals surface area contributed by atoms with Gasteiger partial charge in [-0.3, -0.25) is 0 Å². The van der Waals surface area contributed by atoms with E-state index in [1.807, 2.05) is 6.92 Å². The molecule has 2 rings (SSSR count). The minimum absolute atomic E-state index is 0.151. The normalized spacial score (nSPS) is 17.9. The van der Waals surface area contributed by atoms with Crippen molar-refractivity contribution in [3.8, 4) is 5.75 Å². The van der Waals surface area contributed by atoms with Crippen molar-refractivity contribution in [1.82, 2.24) is 4.72 Å². The summed E-state index contributed by atoms with van der Waals surface area (Å²) >= 11 is 3.31. The Kier molecular flexibility index (Phi) is 5.29. The van der Waals surface area contributed by atoms with Gasteiger partial charge in [-0.2, -0.15) is 0 Å². The van der Waals surface area contributed by atoms with E-state index in [0.717, 1.165) is 25.7 Å². The first-order valence-electron chi connectivity index (χ1n) is 7.09. The fraction of sp³-hybridized carbons (Fsp3) is 0.571. The van der Waals surface area contributed by atoms with Gasteiger partial charge in [-0.15, -0.1) is 0 Å². The molecule has 1 aromatic rings. The molecule has 7 heteroatoms. The lowest BCUT2D eigenvalue weighted by Crippen LogP contribution is -2.51. The Morgan fingerprint density at radius 1 is 1.38 bits per heavy atom. The molecule has 0 unspecified atom stereocenters. The molecule has 5 nitrogen and oxygen atoms in total. The van der Waals surface area contributed by atoms with Crippen LogP contribution in [0.15, 0.2) is 27.6 Å². The van der Waals surface area contributed by atoms with Crippen LogP contribution in [0.2, 0.25) is 0 Å². The van der Waals surface area contributed by atoms with Crippen molar-refractivity contribution in [3.05, 3.63) is 22.7 Å². The SMILES string of the molecule is CCOc1ccc(Br)cc1S(=O)(=O)NC1(CN)CCCC1. The molecule has 1 aliphatic carbocycles. The number of hydrogen-bond acceptors (Lipinski definition) is 4. The zero-order valence-corrected chi connectivity index (χ0v) is 14.5. The van der Waals surface area contributed by atoms with Gasteiger partial charge in [0, 0.05) is 16.6 Å². The second-order valence-electron chi connectivity index (χ2n) is 5.32. The number of hydrogen-bond donors (Lipinski definition) is 2. The lowest BCUT2D eigenvalue weighted by atomic mass is 10.0. The molecule has 118 valence electrons. The fourth-order valence-corrected chi connectivity index (χ4v) is 4.86. The molecule has 0 amide bonds. The van der Waals surface area contributed by atoms with Crippen LogP contribution in [0.25, 0.3) is 0 Å². The quantitative estimate of drug-likeness (QED) is 0.798. The zero-order valence-electron chi connectivity index (χ0n) is 12.1. The molecule has 0 saturated heterocycles. The van der Waals surface area contributed by atoms with Crippen molar-refractivity contribution in [2.24, 2.45) is 5.73 Å². The van der Waals surface area contributed by atoms with E-state index >= 15 is 0 Å². The minimum Gasteiger partial charge on any atom is -0.492 e. The highest BCUT2D eigenvalue weighted by molar-refractivity contribution is 9.10. The first kappa shape index (κ1) is 16.7. The number of ether oxygens (including phenoxy) is 1. The second-order valence-corrected chi connectivity index (χ2v) is 7.89. The molecule has 1 fully saturated rings. The summed E-state index contributed by atoms with van der Waals surface area (Å²) in [5.74, 6) is 0.360. The van der Waals surface area contributed by atoms with E-state index in [-0.39, 0.29) is 4.90 Å². The van der Waals surface area contributed by atoms with E-state index in [0.29, 0.717) is 23.4 Å². The standard InChI is InChI=1S/C14H21BrN2O3S/c1-2-20-12-6-5-11(15)9-13(12)21(18,19)17-14(10-16)7-3-4-8-14/h5-6,9,17H,2-4,7-8,10,16H2,1H3. The Bertz CT molecular complexity index is 598. The summed E-state index contributed by atoms with van der Waals surface area (Å²) < 4.78 is 34.4. The van der Waals surface area contributed by atoms with Crippen LogP contribution < -0.4 is 15.2 Å². The predicted molar refractivity (Wildman–Crippen MR) is 85.9 cm³/mol. The average Bonchev–Trinajstić information content (AvgIpc) is 2.89. The third-order valence-electron chi connectivity index (χ3n) is 3.80. The topological polar surface area (TPSA) is 81.4 Å². The summed E-state index contributed by atoms with van der Waals surface area (Å²) in [6, 6.07) is 4.98. The van der Waals surface area contributed by atoms with Gasteiger partial charge in [0.25, 0.3) is 0 Å². The summed E-state index contributed by atoms with van der Waals surface area (Å²) in [5, 5.41) is 0. The van der Waals surface area contributed by atoms with Crippen LogP contribution in [0.3, 0.4) is 0 Å². The van der Waals surface area contributed by atoms with E-state index in [1.54, 1.807) is 18.2 Å². The van der Waals surface area contributed by atoms with Gasteiger partial charge < -0.3 is 10.5 Å². The summed E-state index contributed by atoms with van der Waals surface area (Å²) in [4.78, 5) is 0.151. The van der Waals surface area contributed by atoms with Gasteiger partial charge in [0.05, 0.1) is 6.61 Å². The van der Waals surface area contributed by atoms with Crippen LogP contribution in [0.4, 0.5) is 0 Å². The predicted octanol–water partition coefficient (Wildman–Crippen LogP) is 2.40. The zero-order chi connectivity index (χ0) is 15.5. The van der Waals surface area contributed by atoms with Gasteiger partial charge >= 0.3 is 0 Å². The molecule has 0 heterocycles. The highest BCUT2D eigenvalue weighted by Gasteiger charge is 2.37. The maximum atomic E-state index is 12.7. The van der Waals surface area contributed by atoms with Crippen LogP contribution >= 0.6 is 15.9 Å². The highest BCUT2D eigenvalue weighted by Crippen LogP contribution is 2.33. The number of nitrogens with two attached hydrogens (primary N) is 1. The molecule has 3 N–H and O–H groups in total. The van der Waals surface area contributed by atoms with Gasteiger partial charge in [-0.05, 0) is 38.0 Å². The van der Waals surface area contributed by atoms with E-state index in [1.165, 1.54) is 0 Å². The molecule has 1 saturated carbocycles. The first-order valence-corrected chi connectivity index (χ1v) is 9.36. The number of sulfonamides is 1. The molecule has 1 aliphatic rings. The van der Waals surface area contributed by atoms with Crippen LogP contribution in [0.1, 0.15) is 32.6 Å². The third kappa shape index (κ3) is 3.77. The smallest absolute Gasteiger partial charge is 0.244 e. The van der Waals surface area contributed by atoms with Crippen molar-refractivity contribution in [2.45, 2.75) is 43.0 Å². The Labute approximate surface area is 134 Å². The van der Waals surface area contributed by atoms with E-state index in [9.17, 15) is 8.42 Å². The number of halogens is 1. The van der Waals surface area contributed by atoms with E-state index in [2.05, 4.69) is 20.7 Å². The molecule has 0 bridgehead atoms. The highest BCUT2D eigenvalue weighted by atomic mass is 79.9. The van der Waals surface area contributed by atoms with Crippen molar-refractivity contribution >= 4 is 26.0 Å². The number of nitrogens with one attached hydrogen (secondary N) is 1. The first-order chi connectivity index (χ1) is 9.92. The summed E-state index contributed by atoms with van der Waals surface area (Å²) in [6.45, 7) is 2.54. The third-order valence-corrected chi connectivity index (χ3v) is 5.89. The van der Waals surface area contributed by atoms with Gasteiger partial charge in [-0.25, -0.2) is 13.1 Å². The molecule has 1 aromatic carbocycles. The average molecular weight is 377 g/mol. The maximum Gasteiger partial charge on any atom is 0.244 e. The van der Waals surface area contributed by atoms with Crippen molar-refractivity contribution < 1.29 is 13.2 Å². The molecule has 0 aromatic heterocycles. The Morgan fingerprint density at radius 2 is 2.05 bits per heavy atom. The van der Waals surface area contributed by atoms with Crippen molar-refractivity contribution in [1.29, 1.82) is 0 Å². The van der Waals surface area contributed by atoms with Crippen molar-refractivity contribution in [3.63, 3.8) is 0 Å². The molecule has 0 atom stereocenters. The monoisotopic (exact) mass is 376 g/mol. The number of benzene rings is 1. The van der Waals surface area contributed by atoms with Crippen LogP contribution in [0.5, 0.6) is 5.75 Å². The van der Waals surface area contributed by atoms with Crippen LogP contribution in [-0.4, -0.2) is 27.1 Å². The van der Waals surface area contributed by atoms with Gasteiger partial charge in [0.2, 0.25) is 10.0 Å². The lowest BCUT2D eigenvalue weighted by Gasteiger charge is -2.28. The van der Waals surface area contributed by atoms with Gasteiger partial charge in [-0.1, -0.05) is 28.8 Å². The summed E-state index contributed by atoms with van der Waals surface area (Å²) in [5.41, 5.74) is 5.29. The largest absolute Gasteiger partial charge is 0.492 e. The Morgan fingerprint density at radius 3 is 2.62 bits per heavy atom. The fourth-order valence-electron chi connectivity index (χ4n) is 2.71. The molecule has 21 heavy (non-hydrogen) atoms. The Hall–Kier alpha value is -0.630. The second kappa shape index (κ2) is 6.64. The Balaban J connectivity index is 2.37. The van der Waals surface area contributed by atoms with Crippen LogP contribution in [0, 0.1) is 0 Å².